The van der Waals surface area contributed by atoms with E-state index in [1.54, 1.807) is 5.01 Å². The SMILES string of the molecule is CC(C(=O)NN(C)C)C1CCCC(N)C1. The summed E-state index contributed by atoms with van der Waals surface area (Å²) >= 11 is 0. The van der Waals surface area contributed by atoms with E-state index >= 15 is 0 Å². The number of hydrogen-bond donors (Lipinski definition) is 2. The second-order valence-electron chi connectivity index (χ2n) is 4.85. The van der Waals surface area contributed by atoms with E-state index in [4.69, 9.17) is 5.73 Å². The zero-order valence-electron chi connectivity index (χ0n) is 9.99. The van der Waals surface area contributed by atoms with Crippen molar-refractivity contribution < 1.29 is 4.79 Å². The van der Waals surface area contributed by atoms with Gasteiger partial charge in [-0.1, -0.05) is 13.3 Å². The summed E-state index contributed by atoms with van der Waals surface area (Å²) in [7, 11) is 3.66. The Morgan fingerprint density at radius 2 is 2.13 bits per heavy atom. The van der Waals surface area contributed by atoms with E-state index in [2.05, 4.69) is 5.43 Å². The van der Waals surface area contributed by atoms with E-state index in [1.165, 1.54) is 0 Å². The second-order valence-corrected chi connectivity index (χ2v) is 4.85. The molecular formula is C11H23N3O. The molecule has 1 rings (SSSR count). The Labute approximate surface area is 92.2 Å². The predicted molar refractivity (Wildman–Crippen MR) is 60.9 cm³/mol. The fourth-order valence-corrected chi connectivity index (χ4v) is 2.26. The summed E-state index contributed by atoms with van der Waals surface area (Å²) in [5.41, 5.74) is 8.73. The molecular weight excluding hydrogens is 190 g/mol. The van der Waals surface area contributed by atoms with Crippen LogP contribution in [0.5, 0.6) is 0 Å². The lowest BCUT2D eigenvalue weighted by molar-refractivity contribution is -0.130. The normalized spacial score (nSPS) is 28.9. The molecule has 0 spiro atoms. The van der Waals surface area contributed by atoms with Gasteiger partial charge in [0.05, 0.1) is 0 Å². The minimum absolute atomic E-state index is 0.0683. The van der Waals surface area contributed by atoms with Crippen LogP contribution in [-0.2, 0) is 4.79 Å². The smallest absolute Gasteiger partial charge is 0.237 e. The summed E-state index contributed by atoms with van der Waals surface area (Å²) in [5.74, 6) is 0.631. The van der Waals surface area contributed by atoms with Gasteiger partial charge in [0.25, 0.3) is 0 Å². The number of amides is 1. The average Bonchev–Trinajstić information content (AvgIpc) is 2.15. The Balaban J connectivity index is 2.44. The first kappa shape index (κ1) is 12.5. The van der Waals surface area contributed by atoms with Gasteiger partial charge in [-0.3, -0.25) is 10.2 Å². The van der Waals surface area contributed by atoms with Gasteiger partial charge >= 0.3 is 0 Å². The van der Waals surface area contributed by atoms with Crippen LogP contribution in [0.1, 0.15) is 32.6 Å². The Kier molecular flexibility index (Phi) is 4.54. The zero-order valence-corrected chi connectivity index (χ0v) is 9.99. The molecule has 1 amide bonds. The van der Waals surface area contributed by atoms with Gasteiger partial charge in [0.15, 0.2) is 0 Å². The molecule has 1 saturated carbocycles. The van der Waals surface area contributed by atoms with E-state index in [0.29, 0.717) is 12.0 Å². The number of nitrogens with two attached hydrogens (primary N) is 1. The van der Waals surface area contributed by atoms with Gasteiger partial charge < -0.3 is 5.73 Å². The highest BCUT2D eigenvalue weighted by Crippen LogP contribution is 2.29. The van der Waals surface area contributed by atoms with Crippen molar-refractivity contribution in [3.8, 4) is 0 Å². The molecule has 15 heavy (non-hydrogen) atoms. The fraction of sp³-hybridized carbons (Fsp3) is 0.909. The highest BCUT2D eigenvalue weighted by Gasteiger charge is 2.28. The van der Waals surface area contributed by atoms with Crippen molar-refractivity contribution in [3.05, 3.63) is 0 Å². The molecule has 0 heterocycles. The first-order valence-electron chi connectivity index (χ1n) is 5.74. The first-order chi connectivity index (χ1) is 7.00. The quantitative estimate of drug-likeness (QED) is 0.680. The topological polar surface area (TPSA) is 58.4 Å². The van der Waals surface area contributed by atoms with Crippen LogP contribution in [0.25, 0.3) is 0 Å². The summed E-state index contributed by atoms with van der Waals surface area (Å²) in [6.07, 6.45) is 4.39. The standard InChI is InChI=1S/C11H23N3O/c1-8(11(15)13-14(2)3)9-5-4-6-10(12)7-9/h8-10H,4-7,12H2,1-3H3,(H,13,15). The lowest BCUT2D eigenvalue weighted by Crippen LogP contribution is -2.43. The molecule has 3 atom stereocenters. The fourth-order valence-electron chi connectivity index (χ4n) is 2.26. The summed E-state index contributed by atoms with van der Waals surface area (Å²) in [5, 5.41) is 1.70. The largest absolute Gasteiger partial charge is 0.328 e. The van der Waals surface area contributed by atoms with E-state index in [0.717, 1.165) is 25.7 Å². The molecule has 0 aromatic carbocycles. The predicted octanol–water partition coefficient (Wildman–Crippen LogP) is 0.733. The number of nitrogens with one attached hydrogen (secondary N) is 1. The Morgan fingerprint density at radius 3 is 2.67 bits per heavy atom. The molecule has 88 valence electrons. The van der Waals surface area contributed by atoms with Crippen LogP contribution in [0, 0.1) is 11.8 Å². The molecule has 1 aliphatic rings. The van der Waals surface area contributed by atoms with Crippen LogP contribution in [0.3, 0.4) is 0 Å². The van der Waals surface area contributed by atoms with Gasteiger partial charge in [-0.2, -0.15) is 0 Å². The van der Waals surface area contributed by atoms with Crippen molar-refractivity contribution >= 4 is 5.91 Å². The van der Waals surface area contributed by atoms with Gasteiger partial charge in [-0.05, 0) is 25.2 Å². The molecule has 0 aliphatic heterocycles. The molecule has 0 aromatic heterocycles. The minimum atomic E-state index is 0.0683. The van der Waals surface area contributed by atoms with Crippen LogP contribution < -0.4 is 11.2 Å². The molecule has 3 unspecified atom stereocenters. The van der Waals surface area contributed by atoms with Gasteiger partial charge in [0.1, 0.15) is 0 Å². The van der Waals surface area contributed by atoms with Gasteiger partial charge in [-0.15, -0.1) is 0 Å². The van der Waals surface area contributed by atoms with Crippen LogP contribution in [0.2, 0.25) is 0 Å². The number of carbonyl (C=O) groups is 1. The summed E-state index contributed by atoms with van der Waals surface area (Å²) in [6, 6.07) is 0.290. The lowest BCUT2D eigenvalue weighted by Gasteiger charge is -2.31. The highest BCUT2D eigenvalue weighted by molar-refractivity contribution is 5.78. The van der Waals surface area contributed by atoms with Gasteiger partial charge in [-0.25, -0.2) is 5.01 Å². The molecule has 0 saturated heterocycles. The lowest BCUT2D eigenvalue weighted by atomic mass is 9.78. The van der Waals surface area contributed by atoms with Crippen LogP contribution >= 0.6 is 0 Å². The Hall–Kier alpha value is -0.610. The van der Waals surface area contributed by atoms with Gasteiger partial charge in [0.2, 0.25) is 5.91 Å². The van der Waals surface area contributed by atoms with Crippen molar-refractivity contribution in [2.45, 2.75) is 38.6 Å². The maximum absolute atomic E-state index is 11.8. The Bertz CT molecular complexity index is 218. The van der Waals surface area contributed by atoms with E-state index in [1.807, 2.05) is 21.0 Å². The number of nitrogens with zero attached hydrogens (tertiary/aromatic N) is 1. The summed E-state index contributed by atoms with van der Waals surface area (Å²) in [6.45, 7) is 2.00. The van der Waals surface area contributed by atoms with E-state index in [-0.39, 0.29) is 11.8 Å². The Morgan fingerprint density at radius 1 is 1.47 bits per heavy atom. The molecule has 0 radical (unpaired) electrons. The number of rotatable bonds is 3. The van der Waals surface area contributed by atoms with E-state index < -0.39 is 0 Å². The molecule has 4 heteroatoms. The highest BCUT2D eigenvalue weighted by atomic mass is 16.2. The summed E-state index contributed by atoms with van der Waals surface area (Å²) in [4.78, 5) is 11.8. The molecule has 1 fully saturated rings. The summed E-state index contributed by atoms with van der Waals surface area (Å²) < 4.78 is 0. The maximum atomic E-state index is 11.8. The average molecular weight is 213 g/mol. The van der Waals surface area contributed by atoms with Crippen molar-refractivity contribution in [1.82, 2.24) is 10.4 Å². The molecule has 1 aliphatic carbocycles. The van der Waals surface area contributed by atoms with Crippen molar-refractivity contribution in [1.29, 1.82) is 0 Å². The minimum Gasteiger partial charge on any atom is -0.328 e. The van der Waals surface area contributed by atoms with Crippen LogP contribution in [0.15, 0.2) is 0 Å². The second kappa shape index (κ2) is 5.47. The number of hydrogen-bond acceptors (Lipinski definition) is 3. The number of carbonyl (C=O) groups excluding carboxylic acids is 1. The third kappa shape index (κ3) is 3.80. The zero-order chi connectivity index (χ0) is 11.4. The third-order valence-electron chi connectivity index (χ3n) is 3.21. The number of hydrazine groups is 1. The molecule has 4 nitrogen and oxygen atoms in total. The first-order valence-corrected chi connectivity index (χ1v) is 5.74. The third-order valence-corrected chi connectivity index (χ3v) is 3.21. The van der Waals surface area contributed by atoms with E-state index in [9.17, 15) is 4.79 Å². The van der Waals surface area contributed by atoms with Crippen molar-refractivity contribution in [2.75, 3.05) is 14.1 Å². The molecule has 3 N–H and O–H groups in total. The van der Waals surface area contributed by atoms with Gasteiger partial charge in [0, 0.05) is 26.1 Å². The van der Waals surface area contributed by atoms with Crippen molar-refractivity contribution in [3.63, 3.8) is 0 Å². The van der Waals surface area contributed by atoms with Crippen molar-refractivity contribution in [2.24, 2.45) is 17.6 Å². The molecule has 0 bridgehead atoms. The monoisotopic (exact) mass is 213 g/mol. The van der Waals surface area contributed by atoms with Crippen LogP contribution in [0.4, 0.5) is 0 Å². The van der Waals surface area contributed by atoms with Crippen LogP contribution in [-0.4, -0.2) is 31.1 Å². The maximum Gasteiger partial charge on any atom is 0.237 e. The molecule has 0 aromatic rings.